The van der Waals surface area contributed by atoms with Crippen LogP contribution in [-0.4, -0.2) is 25.2 Å². The molecule has 0 aliphatic heterocycles. The molecule has 0 radical (unpaired) electrons. The van der Waals surface area contributed by atoms with Gasteiger partial charge in [-0.2, -0.15) is 0 Å². The lowest BCUT2D eigenvalue weighted by Crippen LogP contribution is -2.40. The molecule has 17 heavy (non-hydrogen) atoms. The molecule has 2 unspecified atom stereocenters. The quantitative estimate of drug-likeness (QED) is 0.781. The van der Waals surface area contributed by atoms with Crippen LogP contribution in [0, 0.1) is 0 Å². The number of fused-ring (bicyclic) bond motifs is 1. The molecule has 1 fully saturated rings. The molecule has 92 valence electrons. The van der Waals surface area contributed by atoms with Crippen LogP contribution in [0.4, 0.5) is 0 Å². The topological polar surface area (TPSA) is 24.1 Å². The van der Waals surface area contributed by atoms with Crippen LogP contribution in [0.3, 0.4) is 0 Å². The first kappa shape index (κ1) is 11.2. The van der Waals surface area contributed by atoms with Gasteiger partial charge in [0.25, 0.3) is 0 Å². The lowest BCUT2D eigenvalue weighted by molar-refractivity contribution is 0.456. The van der Waals surface area contributed by atoms with Gasteiger partial charge in [0, 0.05) is 31.1 Å². The molecule has 2 atom stereocenters. The molecule has 2 aliphatic carbocycles. The van der Waals surface area contributed by atoms with Crippen molar-refractivity contribution in [3.63, 3.8) is 0 Å². The lowest BCUT2D eigenvalue weighted by Gasteiger charge is -2.31. The number of rotatable bonds is 6. The van der Waals surface area contributed by atoms with E-state index in [1.54, 1.807) is 11.1 Å². The second kappa shape index (κ2) is 4.79. The summed E-state index contributed by atoms with van der Waals surface area (Å²) in [4.78, 5) is 0. The highest BCUT2D eigenvalue weighted by Gasteiger charge is 2.25. The fraction of sp³-hybridized carbons (Fsp3) is 0.600. The molecule has 2 aliphatic rings. The zero-order chi connectivity index (χ0) is 11.7. The van der Waals surface area contributed by atoms with E-state index in [1.807, 2.05) is 0 Å². The molecule has 0 saturated heterocycles. The Bertz CT molecular complexity index is 384. The smallest absolute Gasteiger partial charge is 0.0164 e. The largest absolute Gasteiger partial charge is 0.312 e. The van der Waals surface area contributed by atoms with Crippen LogP contribution < -0.4 is 10.6 Å². The Morgan fingerprint density at radius 1 is 1.29 bits per heavy atom. The summed E-state index contributed by atoms with van der Waals surface area (Å²) in [5.41, 5.74) is 3.10. The first-order valence-electron chi connectivity index (χ1n) is 6.87. The summed E-state index contributed by atoms with van der Waals surface area (Å²) in [6.45, 7) is 4.52. The van der Waals surface area contributed by atoms with Crippen molar-refractivity contribution in [2.75, 3.05) is 13.1 Å². The average molecular weight is 230 g/mol. The minimum Gasteiger partial charge on any atom is -0.312 e. The predicted molar refractivity (Wildman–Crippen MR) is 71.4 cm³/mol. The molecule has 1 aromatic rings. The molecular formula is C15H22N2. The molecule has 1 aromatic carbocycles. The number of hydrogen-bond donors (Lipinski definition) is 2. The molecule has 0 aromatic heterocycles. The maximum Gasteiger partial charge on any atom is 0.0164 e. The van der Waals surface area contributed by atoms with Gasteiger partial charge in [0.05, 0.1) is 0 Å². The van der Waals surface area contributed by atoms with Crippen LogP contribution in [0.5, 0.6) is 0 Å². The minimum absolute atomic E-state index is 0.586. The van der Waals surface area contributed by atoms with Gasteiger partial charge in [0.1, 0.15) is 0 Å². The van der Waals surface area contributed by atoms with Crippen LogP contribution in [0.15, 0.2) is 24.3 Å². The van der Waals surface area contributed by atoms with Crippen molar-refractivity contribution in [1.29, 1.82) is 0 Å². The van der Waals surface area contributed by atoms with Crippen molar-refractivity contribution in [3.05, 3.63) is 35.4 Å². The summed E-state index contributed by atoms with van der Waals surface area (Å²) >= 11 is 0. The monoisotopic (exact) mass is 230 g/mol. The fourth-order valence-corrected chi connectivity index (χ4v) is 2.59. The van der Waals surface area contributed by atoms with Gasteiger partial charge < -0.3 is 10.6 Å². The summed E-state index contributed by atoms with van der Waals surface area (Å²) < 4.78 is 0. The first-order chi connectivity index (χ1) is 8.33. The van der Waals surface area contributed by atoms with Gasteiger partial charge in [-0.15, -0.1) is 0 Å². The van der Waals surface area contributed by atoms with Crippen molar-refractivity contribution in [1.82, 2.24) is 10.6 Å². The summed E-state index contributed by atoms with van der Waals surface area (Å²) in [7, 11) is 0. The summed E-state index contributed by atoms with van der Waals surface area (Å²) in [6, 6.07) is 10.2. The van der Waals surface area contributed by atoms with Gasteiger partial charge in [0.15, 0.2) is 0 Å². The Hall–Kier alpha value is -0.860. The van der Waals surface area contributed by atoms with Crippen molar-refractivity contribution in [2.45, 2.75) is 44.2 Å². The van der Waals surface area contributed by atoms with Gasteiger partial charge in [-0.05, 0) is 37.3 Å². The van der Waals surface area contributed by atoms with E-state index in [-0.39, 0.29) is 0 Å². The third-order valence-electron chi connectivity index (χ3n) is 3.96. The summed E-state index contributed by atoms with van der Waals surface area (Å²) in [6.07, 6.45) is 4.01. The zero-order valence-corrected chi connectivity index (χ0v) is 10.6. The highest BCUT2D eigenvalue weighted by atomic mass is 15.0. The molecule has 0 heterocycles. The Balaban J connectivity index is 1.40. The van der Waals surface area contributed by atoms with E-state index in [1.165, 1.54) is 19.3 Å². The molecule has 2 nitrogen and oxygen atoms in total. The van der Waals surface area contributed by atoms with E-state index in [0.717, 1.165) is 25.0 Å². The normalized spacial score (nSPS) is 23.9. The van der Waals surface area contributed by atoms with Crippen molar-refractivity contribution >= 4 is 0 Å². The zero-order valence-electron chi connectivity index (χ0n) is 10.6. The second-order valence-corrected chi connectivity index (χ2v) is 5.59. The number of benzene rings is 1. The molecule has 0 amide bonds. The van der Waals surface area contributed by atoms with E-state index in [2.05, 4.69) is 41.8 Å². The van der Waals surface area contributed by atoms with Gasteiger partial charge in [-0.25, -0.2) is 0 Å². The average Bonchev–Trinajstić information content (AvgIpc) is 3.11. The van der Waals surface area contributed by atoms with Crippen molar-refractivity contribution in [2.24, 2.45) is 0 Å². The van der Waals surface area contributed by atoms with Crippen LogP contribution in [0.2, 0.25) is 0 Å². The maximum atomic E-state index is 3.65. The molecule has 2 N–H and O–H groups in total. The van der Waals surface area contributed by atoms with E-state index >= 15 is 0 Å². The molecule has 2 heteroatoms. The third-order valence-corrected chi connectivity index (χ3v) is 3.96. The second-order valence-electron chi connectivity index (χ2n) is 5.59. The van der Waals surface area contributed by atoms with Crippen LogP contribution in [0.1, 0.15) is 36.8 Å². The summed E-state index contributed by atoms with van der Waals surface area (Å²) in [5, 5.41) is 7.22. The SMILES string of the molecule is CC(CNC1CC1)NCC1Cc2ccccc21. The van der Waals surface area contributed by atoms with Gasteiger partial charge >= 0.3 is 0 Å². The van der Waals surface area contributed by atoms with Crippen LogP contribution >= 0.6 is 0 Å². The minimum atomic E-state index is 0.586. The van der Waals surface area contributed by atoms with E-state index in [0.29, 0.717) is 6.04 Å². The van der Waals surface area contributed by atoms with Crippen molar-refractivity contribution < 1.29 is 0 Å². The van der Waals surface area contributed by atoms with Gasteiger partial charge in [-0.1, -0.05) is 24.3 Å². The fourth-order valence-electron chi connectivity index (χ4n) is 2.59. The van der Waals surface area contributed by atoms with Crippen molar-refractivity contribution in [3.8, 4) is 0 Å². The first-order valence-corrected chi connectivity index (χ1v) is 6.87. The Labute approximate surface area is 104 Å². The van der Waals surface area contributed by atoms with Crippen LogP contribution in [-0.2, 0) is 6.42 Å². The Morgan fingerprint density at radius 2 is 2.12 bits per heavy atom. The van der Waals surface area contributed by atoms with E-state index < -0.39 is 0 Å². The Kier molecular flexibility index (Phi) is 3.17. The Morgan fingerprint density at radius 3 is 2.88 bits per heavy atom. The van der Waals surface area contributed by atoms with Gasteiger partial charge in [0.2, 0.25) is 0 Å². The van der Waals surface area contributed by atoms with Crippen LogP contribution in [0.25, 0.3) is 0 Å². The molecule has 0 bridgehead atoms. The number of hydrogen-bond acceptors (Lipinski definition) is 2. The highest BCUT2D eigenvalue weighted by molar-refractivity contribution is 5.40. The maximum absolute atomic E-state index is 3.65. The molecule has 1 saturated carbocycles. The standard InChI is InChI=1S/C15H22N2/c1-11(9-17-14-6-7-14)16-10-13-8-12-4-2-3-5-15(12)13/h2-5,11,13-14,16-17H,6-10H2,1H3. The molecular weight excluding hydrogens is 208 g/mol. The predicted octanol–water partition coefficient (Wildman–Crippen LogP) is 2.06. The third kappa shape index (κ3) is 2.70. The lowest BCUT2D eigenvalue weighted by atomic mass is 9.77. The number of nitrogens with one attached hydrogen (secondary N) is 2. The van der Waals surface area contributed by atoms with E-state index in [9.17, 15) is 0 Å². The van der Waals surface area contributed by atoms with Gasteiger partial charge in [-0.3, -0.25) is 0 Å². The molecule has 0 spiro atoms. The summed E-state index contributed by atoms with van der Waals surface area (Å²) in [5.74, 6) is 0.745. The molecule has 3 rings (SSSR count). The highest BCUT2D eigenvalue weighted by Crippen LogP contribution is 2.34. The van der Waals surface area contributed by atoms with E-state index in [4.69, 9.17) is 0 Å².